The first-order chi connectivity index (χ1) is 19.1. The van der Waals surface area contributed by atoms with Crippen molar-refractivity contribution < 1.29 is 27.9 Å². The Kier molecular flexibility index (Phi) is 8.20. The summed E-state index contributed by atoms with van der Waals surface area (Å²) in [6.07, 6.45) is 2.57. The first-order valence-electron chi connectivity index (χ1n) is 13.2. The number of alkyl halides is 3. The Balaban J connectivity index is 1.07. The molecular weight excluding hydrogens is 543 g/mol. The zero-order valence-corrected chi connectivity index (χ0v) is 22.5. The van der Waals surface area contributed by atoms with Crippen LogP contribution in [0.2, 0.25) is 0 Å². The Labute approximate surface area is 233 Å². The number of aromatic nitrogens is 2. The largest absolute Gasteiger partial charge is 0.416 e. The van der Waals surface area contributed by atoms with Gasteiger partial charge in [0.15, 0.2) is 0 Å². The van der Waals surface area contributed by atoms with Gasteiger partial charge in [-0.15, -0.1) is 11.3 Å². The van der Waals surface area contributed by atoms with Crippen molar-refractivity contribution in [2.45, 2.75) is 56.0 Å². The van der Waals surface area contributed by atoms with Crippen LogP contribution in [0.4, 0.5) is 13.2 Å². The van der Waals surface area contributed by atoms with Gasteiger partial charge >= 0.3 is 6.18 Å². The van der Waals surface area contributed by atoms with Gasteiger partial charge in [0.05, 0.1) is 22.7 Å². The third kappa shape index (κ3) is 6.51. The summed E-state index contributed by atoms with van der Waals surface area (Å²) in [6, 6.07) is 9.96. The van der Waals surface area contributed by atoms with Crippen LogP contribution in [0.5, 0.6) is 0 Å². The zero-order valence-electron chi connectivity index (χ0n) is 21.7. The number of pyridine rings is 1. The quantitative estimate of drug-likeness (QED) is 0.395. The molecule has 12 heteroatoms. The first kappa shape index (κ1) is 28.2. The first-order valence-corrected chi connectivity index (χ1v) is 14.0. The maximum absolute atomic E-state index is 12.9. The number of carbonyl (C=O) groups is 2. The lowest BCUT2D eigenvalue weighted by Crippen LogP contribution is -2.45. The van der Waals surface area contributed by atoms with Crippen molar-refractivity contribution in [1.82, 2.24) is 25.5 Å². The number of hydrogen-bond acceptors (Lipinski definition) is 7. The topological polar surface area (TPSA) is 107 Å². The highest BCUT2D eigenvalue weighted by molar-refractivity contribution is 7.15. The van der Waals surface area contributed by atoms with E-state index in [1.807, 2.05) is 18.2 Å². The molecule has 0 bridgehead atoms. The van der Waals surface area contributed by atoms with Crippen molar-refractivity contribution in [3.63, 3.8) is 0 Å². The lowest BCUT2D eigenvalue weighted by molar-refractivity contribution is -0.137. The van der Waals surface area contributed by atoms with Gasteiger partial charge < -0.3 is 15.7 Å². The lowest BCUT2D eigenvalue weighted by Gasteiger charge is -2.39. The molecule has 2 aliphatic rings. The highest BCUT2D eigenvalue weighted by Gasteiger charge is 2.40. The highest BCUT2D eigenvalue weighted by atomic mass is 32.1. The Bertz CT molecular complexity index is 1340. The molecule has 40 heavy (non-hydrogen) atoms. The van der Waals surface area contributed by atoms with E-state index in [0.717, 1.165) is 59.6 Å². The summed E-state index contributed by atoms with van der Waals surface area (Å²) in [4.78, 5) is 36.7. The Morgan fingerprint density at radius 3 is 2.62 bits per heavy atom. The minimum absolute atomic E-state index is 0.0822. The number of nitrogens with one attached hydrogen (secondary N) is 2. The SMILES string of the molecule is O=C(CNC(=O)c1cccc(C(F)(F)F)c1)N[C@@H]1CCN(C2CCC(O)(c3cnc(-c4ccccn4)s3)CC2)C1. The average Bonchev–Trinajstić information content (AvgIpc) is 3.63. The van der Waals surface area contributed by atoms with Gasteiger partial charge in [-0.2, -0.15) is 13.2 Å². The van der Waals surface area contributed by atoms with Crippen LogP contribution in [0.1, 0.15) is 52.9 Å². The fourth-order valence-corrected chi connectivity index (χ4v) is 6.44. The predicted octanol–water partition coefficient (Wildman–Crippen LogP) is 3.97. The third-order valence-electron chi connectivity index (χ3n) is 7.59. The molecule has 2 aromatic heterocycles. The Morgan fingerprint density at radius 2 is 1.90 bits per heavy atom. The van der Waals surface area contributed by atoms with Crippen LogP contribution >= 0.6 is 11.3 Å². The molecule has 2 fully saturated rings. The summed E-state index contributed by atoms with van der Waals surface area (Å²) in [5.74, 6) is -1.13. The molecule has 3 N–H and O–H groups in total. The summed E-state index contributed by atoms with van der Waals surface area (Å²) in [5, 5.41) is 17.5. The molecular formula is C28H30F3N5O3S. The lowest BCUT2D eigenvalue weighted by atomic mass is 9.81. The van der Waals surface area contributed by atoms with E-state index >= 15 is 0 Å². The second-order valence-electron chi connectivity index (χ2n) is 10.3. The summed E-state index contributed by atoms with van der Waals surface area (Å²) in [7, 11) is 0. The maximum Gasteiger partial charge on any atom is 0.416 e. The summed E-state index contributed by atoms with van der Waals surface area (Å²) < 4.78 is 38.7. The van der Waals surface area contributed by atoms with E-state index in [0.29, 0.717) is 25.4 Å². The second-order valence-corrected chi connectivity index (χ2v) is 11.3. The minimum Gasteiger partial charge on any atom is -0.384 e. The molecule has 1 aromatic carbocycles. The van der Waals surface area contributed by atoms with E-state index in [2.05, 4.69) is 25.5 Å². The van der Waals surface area contributed by atoms with Gasteiger partial charge in [0.2, 0.25) is 5.91 Å². The molecule has 3 heterocycles. The smallest absolute Gasteiger partial charge is 0.384 e. The molecule has 3 aromatic rings. The Morgan fingerprint density at radius 1 is 1.10 bits per heavy atom. The van der Waals surface area contributed by atoms with Crippen LogP contribution in [0.25, 0.3) is 10.7 Å². The van der Waals surface area contributed by atoms with Crippen LogP contribution in [0.3, 0.4) is 0 Å². The van der Waals surface area contributed by atoms with E-state index in [1.165, 1.54) is 17.4 Å². The Hall–Kier alpha value is -3.35. The number of thiazole rings is 1. The number of likely N-dealkylation sites (tertiary alicyclic amines) is 1. The number of amides is 2. The molecule has 212 valence electrons. The van der Waals surface area contributed by atoms with Gasteiger partial charge in [0.25, 0.3) is 5.91 Å². The van der Waals surface area contributed by atoms with Crippen molar-refractivity contribution in [2.24, 2.45) is 0 Å². The molecule has 0 unspecified atom stereocenters. The van der Waals surface area contributed by atoms with E-state index < -0.39 is 23.2 Å². The van der Waals surface area contributed by atoms with Crippen molar-refractivity contribution in [2.75, 3.05) is 19.6 Å². The van der Waals surface area contributed by atoms with Gasteiger partial charge in [-0.05, 0) is 62.4 Å². The molecule has 5 rings (SSSR count). The van der Waals surface area contributed by atoms with E-state index in [-0.39, 0.29) is 24.1 Å². The summed E-state index contributed by atoms with van der Waals surface area (Å²) in [6.45, 7) is 1.16. The molecule has 0 spiro atoms. The highest BCUT2D eigenvalue weighted by Crippen LogP contribution is 2.42. The molecule has 1 saturated heterocycles. The number of benzene rings is 1. The molecule has 1 saturated carbocycles. The van der Waals surface area contributed by atoms with Crippen molar-refractivity contribution >= 4 is 23.2 Å². The monoisotopic (exact) mass is 573 g/mol. The second kappa shape index (κ2) is 11.6. The van der Waals surface area contributed by atoms with Gasteiger partial charge in [-0.1, -0.05) is 12.1 Å². The average molecular weight is 574 g/mol. The van der Waals surface area contributed by atoms with E-state index in [1.54, 1.807) is 12.4 Å². The van der Waals surface area contributed by atoms with Gasteiger partial charge in [0, 0.05) is 43.1 Å². The van der Waals surface area contributed by atoms with Gasteiger partial charge in [0.1, 0.15) is 10.6 Å². The fourth-order valence-electron chi connectivity index (χ4n) is 5.40. The number of nitrogens with zero attached hydrogens (tertiary/aromatic N) is 3. The van der Waals surface area contributed by atoms with E-state index in [4.69, 9.17) is 0 Å². The molecule has 8 nitrogen and oxygen atoms in total. The van der Waals surface area contributed by atoms with Crippen LogP contribution in [-0.4, -0.2) is 63.5 Å². The molecule has 1 aliphatic carbocycles. The molecule has 2 amide bonds. The summed E-state index contributed by atoms with van der Waals surface area (Å²) >= 11 is 1.47. The third-order valence-corrected chi connectivity index (χ3v) is 8.81. The van der Waals surface area contributed by atoms with Crippen LogP contribution in [-0.2, 0) is 16.6 Å². The maximum atomic E-state index is 12.9. The van der Waals surface area contributed by atoms with Crippen LogP contribution < -0.4 is 10.6 Å². The number of halogens is 3. The van der Waals surface area contributed by atoms with Gasteiger partial charge in [-0.3, -0.25) is 19.5 Å². The van der Waals surface area contributed by atoms with Crippen LogP contribution in [0, 0.1) is 0 Å². The van der Waals surface area contributed by atoms with Crippen molar-refractivity contribution in [3.05, 3.63) is 70.9 Å². The zero-order chi connectivity index (χ0) is 28.3. The van der Waals surface area contributed by atoms with Crippen LogP contribution in [0.15, 0.2) is 54.9 Å². The summed E-state index contributed by atoms with van der Waals surface area (Å²) in [5.41, 5.74) is -1.19. The predicted molar refractivity (Wildman–Crippen MR) is 143 cm³/mol. The van der Waals surface area contributed by atoms with Crippen molar-refractivity contribution in [1.29, 1.82) is 0 Å². The number of carbonyl (C=O) groups excluding carboxylic acids is 2. The number of hydrogen-bond donors (Lipinski definition) is 3. The molecule has 1 atom stereocenters. The number of aliphatic hydroxyl groups is 1. The normalized spacial score (nSPS) is 23.6. The molecule has 1 aliphatic heterocycles. The molecule has 0 radical (unpaired) electrons. The van der Waals surface area contributed by atoms with Crippen molar-refractivity contribution in [3.8, 4) is 10.7 Å². The minimum atomic E-state index is -4.55. The number of rotatable bonds is 7. The fraction of sp³-hybridized carbons (Fsp3) is 0.429. The standard InChI is InChI=1S/C28H30F3N5O3S/c29-28(30,31)19-5-3-4-18(14-19)25(38)33-16-24(37)35-20-9-13-36(17-20)21-7-10-27(39,11-8-21)23-15-34-26(40-23)22-6-1-2-12-32-22/h1-6,12,14-15,20-21,39H,7-11,13,16-17H2,(H,33,38)(H,35,37)/t20-,21?,27?/m1/s1. The van der Waals surface area contributed by atoms with Gasteiger partial charge in [-0.25, -0.2) is 4.98 Å². The van der Waals surface area contributed by atoms with E-state index in [9.17, 15) is 27.9 Å².